The van der Waals surface area contributed by atoms with Gasteiger partial charge in [-0.15, -0.1) is 0 Å². The van der Waals surface area contributed by atoms with Crippen molar-refractivity contribution in [2.75, 3.05) is 47.1 Å². The molecule has 0 aromatic rings. The SMILES string of the molecule is CCCCCC(CCCCC)CC(=O)OCCCCCCCCC(C=O)CCCCCCCCOC(=O)CC(CCCCC)CCCCC.CCN(C)CCCOC. The number of hydrogen-bond donors (Lipinski definition) is 0. The van der Waals surface area contributed by atoms with Gasteiger partial charge in [-0.3, -0.25) is 9.59 Å². The lowest BCUT2D eigenvalue weighted by Crippen LogP contribution is -2.19. The summed E-state index contributed by atoms with van der Waals surface area (Å²) < 4.78 is 16.1. The van der Waals surface area contributed by atoms with Crippen LogP contribution in [-0.4, -0.2) is 70.2 Å². The van der Waals surface area contributed by atoms with Crippen molar-refractivity contribution in [3.8, 4) is 0 Å². The van der Waals surface area contributed by atoms with Crippen LogP contribution >= 0.6 is 0 Å². The Hall–Kier alpha value is -1.47. The van der Waals surface area contributed by atoms with Crippen LogP contribution in [0.25, 0.3) is 0 Å². The van der Waals surface area contributed by atoms with Crippen LogP contribution in [0.1, 0.15) is 247 Å². The zero-order valence-electron chi connectivity index (χ0n) is 40.1. The van der Waals surface area contributed by atoms with E-state index < -0.39 is 0 Å². The average molecular weight is 824 g/mol. The standard InChI is InChI=1S/C44H84O5.C7H17NO/c1-5-9-21-29-40(30-22-10-6-2)37-43(46)48-35-27-19-15-13-17-25-33-42(39-45)34-26-18-14-16-20-28-36-49-44(47)38-41(31-23-11-7-3)32-24-12-8-4;1-4-8(2)6-5-7-9-3/h39-42H,5-38H2,1-4H3;4-7H2,1-3H3. The van der Waals surface area contributed by atoms with Gasteiger partial charge in [0.05, 0.1) is 13.2 Å². The van der Waals surface area contributed by atoms with Gasteiger partial charge >= 0.3 is 11.9 Å². The van der Waals surface area contributed by atoms with Crippen LogP contribution in [0.4, 0.5) is 0 Å². The molecular weight excluding hydrogens is 723 g/mol. The number of unbranched alkanes of at least 4 members (excludes halogenated alkanes) is 18. The molecule has 0 heterocycles. The molecular formula is C51H101NO6. The number of methoxy groups -OCH3 is 1. The Morgan fingerprint density at radius 2 is 0.810 bits per heavy atom. The third-order valence-corrected chi connectivity index (χ3v) is 11.9. The minimum absolute atomic E-state index is 0.00488. The Morgan fingerprint density at radius 3 is 1.14 bits per heavy atom. The van der Waals surface area contributed by atoms with E-state index in [1.807, 2.05) is 0 Å². The Labute approximate surface area is 362 Å². The minimum atomic E-state index is 0.00488. The summed E-state index contributed by atoms with van der Waals surface area (Å²) in [6, 6.07) is 0. The first-order valence-corrected chi connectivity index (χ1v) is 25.2. The van der Waals surface area contributed by atoms with Gasteiger partial charge in [0.25, 0.3) is 0 Å². The van der Waals surface area contributed by atoms with Crippen molar-refractivity contribution >= 4 is 18.2 Å². The molecule has 0 aromatic carbocycles. The van der Waals surface area contributed by atoms with Gasteiger partial charge in [0.1, 0.15) is 6.29 Å². The normalized spacial score (nSPS) is 11.4. The fraction of sp³-hybridized carbons (Fsp3) is 0.941. The number of nitrogens with zero attached hydrogens (tertiary/aromatic N) is 1. The number of carbonyl (C=O) groups is 3. The lowest BCUT2D eigenvalue weighted by atomic mass is 9.92. The van der Waals surface area contributed by atoms with Crippen molar-refractivity contribution in [3.63, 3.8) is 0 Å². The van der Waals surface area contributed by atoms with E-state index in [-0.39, 0.29) is 17.9 Å². The predicted molar refractivity (Wildman–Crippen MR) is 249 cm³/mol. The lowest BCUT2D eigenvalue weighted by Gasteiger charge is -2.16. The minimum Gasteiger partial charge on any atom is -0.466 e. The number of aldehydes is 1. The second-order valence-electron chi connectivity index (χ2n) is 17.5. The second-order valence-corrected chi connectivity index (χ2v) is 17.5. The lowest BCUT2D eigenvalue weighted by molar-refractivity contribution is -0.146. The van der Waals surface area contributed by atoms with Crippen LogP contribution in [0, 0.1) is 17.8 Å². The average Bonchev–Trinajstić information content (AvgIpc) is 3.22. The third-order valence-electron chi connectivity index (χ3n) is 11.9. The Bertz CT molecular complexity index is 777. The van der Waals surface area contributed by atoms with Gasteiger partial charge in [0, 0.05) is 39.0 Å². The van der Waals surface area contributed by atoms with Crippen molar-refractivity contribution in [1.29, 1.82) is 0 Å². The predicted octanol–water partition coefficient (Wildman–Crippen LogP) is 14.7. The summed E-state index contributed by atoms with van der Waals surface area (Å²) in [6.45, 7) is 15.4. The van der Waals surface area contributed by atoms with Crippen LogP contribution in [0.5, 0.6) is 0 Å². The molecule has 0 unspecified atom stereocenters. The molecule has 0 N–H and O–H groups in total. The van der Waals surface area contributed by atoms with Crippen molar-refractivity contribution in [2.45, 2.75) is 247 Å². The van der Waals surface area contributed by atoms with Gasteiger partial charge in [-0.2, -0.15) is 0 Å². The van der Waals surface area contributed by atoms with Gasteiger partial charge in [-0.05, 0) is 83.2 Å². The van der Waals surface area contributed by atoms with Gasteiger partial charge in [0.2, 0.25) is 0 Å². The smallest absolute Gasteiger partial charge is 0.306 e. The molecule has 0 spiro atoms. The van der Waals surface area contributed by atoms with Crippen LogP contribution in [-0.2, 0) is 28.6 Å². The summed E-state index contributed by atoms with van der Waals surface area (Å²) in [4.78, 5) is 38.7. The topological polar surface area (TPSA) is 82.1 Å². The van der Waals surface area contributed by atoms with Gasteiger partial charge in [-0.25, -0.2) is 0 Å². The second kappa shape index (κ2) is 48.2. The maximum atomic E-state index is 12.4. The molecule has 7 heteroatoms. The van der Waals surface area contributed by atoms with E-state index in [0.717, 1.165) is 103 Å². The summed E-state index contributed by atoms with van der Waals surface area (Å²) in [5.41, 5.74) is 0. The third kappa shape index (κ3) is 44.1. The summed E-state index contributed by atoms with van der Waals surface area (Å²) in [7, 11) is 3.86. The first-order chi connectivity index (χ1) is 28.3. The largest absolute Gasteiger partial charge is 0.466 e. The maximum Gasteiger partial charge on any atom is 0.306 e. The molecule has 346 valence electrons. The molecule has 0 rings (SSSR count). The maximum absolute atomic E-state index is 12.4. The van der Waals surface area contributed by atoms with E-state index in [1.54, 1.807) is 7.11 Å². The first kappa shape index (κ1) is 58.6. The van der Waals surface area contributed by atoms with Crippen LogP contribution in [0.2, 0.25) is 0 Å². The first-order valence-electron chi connectivity index (χ1n) is 25.2. The summed E-state index contributed by atoms with van der Waals surface area (Å²) in [5, 5.41) is 0. The Kier molecular flexibility index (Phi) is 48.7. The molecule has 0 aliphatic heterocycles. The molecule has 0 atom stereocenters. The molecule has 0 aromatic heterocycles. The molecule has 0 saturated heterocycles. The Morgan fingerprint density at radius 1 is 0.466 bits per heavy atom. The van der Waals surface area contributed by atoms with Gasteiger partial charge in [0.15, 0.2) is 0 Å². The number of rotatable bonds is 44. The molecule has 0 aliphatic rings. The van der Waals surface area contributed by atoms with E-state index in [2.05, 4.69) is 46.6 Å². The molecule has 0 amide bonds. The monoisotopic (exact) mass is 824 g/mol. The molecule has 0 bridgehead atoms. The van der Waals surface area contributed by atoms with E-state index in [4.69, 9.17) is 14.2 Å². The molecule has 0 saturated carbocycles. The highest BCUT2D eigenvalue weighted by atomic mass is 16.5. The van der Waals surface area contributed by atoms with Crippen molar-refractivity contribution in [2.24, 2.45) is 17.8 Å². The van der Waals surface area contributed by atoms with Gasteiger partial charge < -0.3 is 23.9 Å². The highest BCUT2D eigenvalue weighted by Crippen LogP contribution is 2.23. The molecule has 0 fully saturated rings. The number of hydrogen-bond acceptors (Lipinski definition) is 7. The zero-order chi connectivity index (χ0) is 43.2. The highest BCUT2D eigenvalue weighted by molar-refractivity contribution is 5.70. The molecule has 58 heavy (non-hydrogen) atoms. The quantitative estimate of drug-likeness (QED) is 0.0344. The zero-order valence-corrected chi connectivity index (χ0v) is 40.1. The number of ether oxygens (including phenoxy) is 3. The van der Waals surface area contributed by atoms with E-state index in [0.29, 0.717) is 37.9 Å². The van der Waals surface area contributed by atoms with E-state index in [9.17, 15) is 14.4 Å². The number of carbonyl (C=O) groups excluding carboxylic acids is 3. The fourth-order valence-corrected chi connectivity index (χ4v) is 7.74. The molecule has 7 nitrogen and oxygen atoms in total. The van der Waals surface area contributed by atoms with Gasteiger partial charge in [-0.1, -0.05) is 176 Å². The fourth-order valence-electron chi connectivity index (χ4n) is 7.74. The van der Waals surface area contributed by atoms with Crippen LogP contribution < -0.4 is 0 Å². The summed E-state index contributed by atoms with van der Waals surface area (Å²) in [6.07, 6.45) is 38.6. The molecule has 0 aliphatic carbocycles. The van der Waals surface area contributed by atoms with Crippen LogP contribution in [0.3, 0.4) is 0 Å². The van der Waals surface area contributed by atoms with Crippen LogP contribution in [0.15, 0.2) is 0 Å². The van der Waals surface area contributed by atoms with E-state index >= 15 is 0 Å². The summed E-state index contributed by atoms with van der Waals surface area (Å²) >= 11 is 0. The van der Waals surface area contributed by atoms with Crippen molar-refractivity contribution in [3.05, 3.63) is 0 Å². The van der Waals surface area contributed by atoms with Crippen molar-refractivity contribution in [1.82, 2.24) is 4.90 Å². The Balaban J connectivity index is 0. The van der Waals surface area contributed by atoms with Crippen molar-refractivity contribution < 1.29 is 28.6 Å². The van der Waals surface area contributed by atoms with E-state index in [1.165, 1.54) is 122 Å². The summed E-state index contributed by atoms with van der Waals surface area (Å²) in [5.74, 6) is 1.21. The number of esters is 2. The molecule has 0 radical (unpaired) electrons. The highest BCUT2D eigenvalue weighted by Gasteiger charge is 2.16.